The highest BCUT2D eigenvalue weighted by Gasteiger charge is 2.21. The molecule has 4 nitrogen and oxygen atoms in total. The molecule has 5 heteroatoms. The van der Waals surface area contributed by atoms with Crippen LogP contribution in [-0.2, 0) is 25.9 Å². The molecule has 1 aromatic carbocycles. The lowest BCUT2D eigenvalue weighted by Gasteiger charge is -2.28. The quantitative estimate of drug-likeness (QED) is 0.944. The van der Waals surface area contributed by atoms with Crippen LogP contribution >= 0.6 is 0 Å². The minimum Gasteiger partial charge on any atom is -0.310 e. The van der Waals surface area contributed by atoms with Crippen LogP contribution in [0, 0.1) is 12.7 Å². The fourth-order valence-corrected chi connectivity index (χ4v) is 3.10. The van der Waals surface area contributed by atoms with Crippen LogP contribution in [0.4, 0.5) is 4.39 Å². The van der Waals surface area contributed by atoms with Crippen molar-refractivity contribution in [1.29, 1.82) is 0 Å². The van der Waals surface area contributed by atoms with E-state index in [1.165, 1.54) is 6.07 Å². The van der Waals surface area contributed by atoms with Gasteiger partial charge in [-0.25, -0.2) is 9.37 Å². The van der Waals surface area contributed by atoms with Gasteiger partial charge in [-0.15, -0.1) is 0 Å². The number of hydrogen-bond acceptors (Lipinski definition) is 3. The Kier molecular flexibility index (Phi) is 4.57. The van der Waals surface area contributed by atoms with Crippen molar-refractivity contribution in [2.45, 2.75) is 46.2 Å². The number of aromatic amines is 1. The number of H-pyrrole nitrogens is 1. The second-order valence-corrected chi connectivity index (χ2v) is 6.22. The lowest BCUT2D eigenvalue weighted by atomic mass is 10.0. The smallest absolute Gasteiger partial charge is 0.255 e. The van der Waals surface area contributed by atoms with Crippen LogP contribution in [-0.4, -0.2) is 21.4 Å². The van der Waals surface area contributed by atoms with Crippen molar-refractivity contribution in [2.24, 2.45) is 0 Å². The number of rotatable bonds is 4. The molecule has 2 aromatic rings. The van der Waals surface area contributed by atoms with Gasteiger partial charge in [0.2, 0.25) is 0 Å². The Morgan fingerprint density at radius 3 is 2.96 bits per heavy atom. The zero-order valence-corrected chi connectivity index (χ0v) is 13.7. The molecule has 0 spiro atoms. The molecular formula is C18H22FN3O. The standard InChI is InChI=1S/C18H22FN3O/c1-3-4-17-20-16-7-8-22(11-15(16)18(23)21-17)10-13-5-6-14(19)9-12(13)2/h5-6,9H,3-4,7-8,10-11H2,1-2H3,(H,20,21,23). The molecule has 0 saturated heterocycles. The van der Waals surface area contributed by atoms with Gasteiger partial charge < -0.3 is 4.98 Å². The molecule has 1 aromatic heterocycles. The van der Waals surface area contributed by atoms with Gasteiger partial charge in [0, 0.05) is 32.5 Å². The second kappa shape index (κ2) is 6.62. The maximum Gasteiger partial charge on any atom is 0.255 e. The van der Waals surface area contributed by atoms with E-state index in [1.807, 2.05) is 13.0 Å². The van der Waals surface area contributed by atoms with Crippen LogP contribution in [0.25, 0.3) is 0 Å². The fourth-order valence-electron chi connectivity index (χ4n) is 3.10. The third kappa shape index (κ3) is 3.50. The first-order valence-electron chi connectivity index (χ1n) is 8.15. The third-order valence-electron chi connectivity index (χ3n) is 4.38. The number of nitrogens with one attached hydrogen (secondary N) is 1. The molecule has 0 radical (unpaired) electrons. The Labute approximate surface area is 135 Å². The van der Waals surface area contributed by atoms with E-state index in [0.717, 1.165) is 60.6 Å². The maximum absolute atomic E-state index is 13.2. The third-order valence-corrected chi connectivity index (χ3v) is 4.38. The summed E-state index contributed by atoms with van der Waals surface area (Å²) in [7, 11) is 0. The highest BCUT2D eigenvalue weighted by molar-refractivity contribution is 5.27. The number of aryl methyl sites for hydroxylation is 2. The minimum absolute atomic E-state index is 0.0148. The van der Waals surface area contributed by atoms with Gasteiger partial charge in [0.1, 0.15) is 11.6 Å². The summed E-state index contributed by atoms with van der Waals surface area (Å²) in [6.45, 7) is 6.18. The highest BCUT2D eigenvalue weighted by atomic mass is 19.1. The molecule has 0 aliphatic carbocycles. The molecule has 1 aliphatic rings. The van der Waals surface area contributed by atoms with Crippen molar-refractivity contribution in [2.75, 3.05) is 6.54 Å². The van der Waals surface area contributed by atoms with Gasteiger partial charge in [-0.2, -0.15) is 0 Å². The summed E-state index contributed by atoms with van der Waals surface area (Å²) in [6, 6.07) is 4.87. The Morgan fingerprint density at radius 2 is 2.22 bits per heavy atom. The average Bonchev–Trinajstić information content (AvgIpc) is 2.51. The van der Waals surface area contributed by atoms with Crippen molar-refractivity contribution in [3.8, 4) is 0 Å². The van der Waals surface area contributed by atoms with Gasteiger partial charge in [0.25, 0.3) is 5.56 Å². The van der Waals surface area contributed by atoms with E-state index in [4.69, 9.17) is 0 Å². The number of fused-ring (bicyclic) bond motifs is 1. The van der Waals surface area contributed by atoms with Gasteiger partial charge in [-0.1, -0.05) is 13.0 Å². The summed E-state index contributed by atoms with van der Waals surface area (Å²) in [6.07, 6.45) is 2.56. The fraction of sp³-hybridized carbons (Fsp3) is 0.444. The molecule has 0 fully saturated rings. The number of hydrogen-bond donors (Lipinski definition) is 1. The number of halogens is 1. The molecule has 0 unspecified atom stereocenters. The summed E-state index contributed by atoms with van der Waals surface area (Å²) in [5.74, 6) is 0.582. The van der Waals surface area contributed by atoms with Crippen LogP contribution < -0.4 is 5.56 Å². The van der Waals surface area contributed by atoms with Crippen molar-refractivity contribution in [3.63, 3.8) is 0 Å². The normalized spacial score (nSPS) is 14.7. The van der Waals surface area contributed by atoms with E-state index in [2.05, 4.69) is 21.8 Å². The monoisotopic (exact) mass is 315 g/mol. The Hall–Kier alpha value is -2.01. The molecular weight excluding hydrogens is 293 g/mol. The summed E-state index contributed by atoms with van der Waals surface area (Å²) in [5, 5.41) is 0. The van der Waals surface area contributed by atoms with E-state index in [0.29, 0.717) is 6.54 Å². The molecule has 0 bridgehead atoms. The molecule has 1 N–H and O–H groups in total. The van der Waals surface area contributed by atoms with E-state index in [-0.39, 0.29) is 11.4 Å². The lowest BCUT2D eigenvalue weighted by Crippen LogP contribution is -2.36. The van der Waals surface area contributed by atoms with E-state index >= 15 is 0 Å². The Balaban J connectivity index is 1.79. The molecule has 122 valence electrons. The number of aromatic nitrogens is 2. The van der Waals surface area contributed by atoms with Gasteiger partial charge in [-0.05, 0) is 36.6 Å². The summed E-state index contributed by atoms with van der Waals surface area (Å²) < 4.78 is 13.2. The first-order valence-corrected chi connectivity index (χ1v) is 8.15. The first-order chi connectivity index (χ1) is 11.1. The van der Waals surface area contributed by atoms with Gasteiger partial charge in [0.05, 0.1) is 11.3 Å². The second-order valence-electron chi connectivity index (χ2n) is 6.22. The van der Waals surface area contributed by atoms with Gasteiger partial charge in [0.15, 0.2) is 0 Å². The molecule has 3 rings (SSSR count). The summed E-state index contributed by atoms with van der Waals surface area (Å²) in [5.41, 5.74) is 3.74. The Bertz CT molecular complexity index is 769. The van der Waals surface area contributed by atoms with Crippen molar-refractivity contribution < 1.29 is 4.39 Å². The number of benzene rings is 1. The predicted molar refractivity (Wildman–Crippen MR) is 87.8 cm³/mol. The van der Waals surface area contributed by atoms with Crippen molar-refractivity contribution in [1.82, 2.24) is 14.9 Å². The molecule has 0 saturated carbocycles. The summed E-state index contributed by atoms with van der Waals surface area (Å²) >= 11 is 0. The minimum atomic E-state index is -0.209. The predicted octanol–water partition coefficient (Wildman–Crippen LogP) is 2.73. The highest BCUT2D eigenvalue weighted by Crippen LogP contribution is 2.19. The van der Waals surface area contributed by atoms with Crippen LogP contribution in [0.3, 0.4) is 0 Å². The summed E-state index contributed by atoms with van der Waals surface area (Å²) in [4.78, 5) is 22.0. The lowest BCUT2D eigenvalue weighted by molar-refractivity contribution is 0.241. The largest absolute Gasteiger partial charge is 0.310 e. The molecule has 1 aliphatic heterocycles. The van der Waals surface area contributed by atoms with Crippen LogP contribution in [0.2, 0.25) is 0 Å². The van der Waals surface area contributed by atoms with Crippen molar-refractivity contribution in [3.05, 3.63) is 62.6 Å². The van der Waals surface area contributed by atoms with Crippen molar-refractivity contribution >= 4 is 0 Å². The van der Waals surface area contributed by atoms with E-state index < -0.39 is 0 Å². The maximum atomic E-state index is 13.2. The van der Waals surface area contributed by atoms with Crippen LogP contribution in [0.15, 0.2) is 23.0 Å². The average molecular weight is 315 g/mol. The van der Waals surface area contributed by atoms with E-state index in [9.17, 15) is 9.18 Å². The zero-order chi connectivity index (χ0) is 16.4. The van der Waals surface area contributed by atoms with Gasteiger partial charge in [-0.3, -0.25) is 9.69 Å². The van der Waals surface area contributed by atoms with E-state index in [1.54, 1.807) is 6.07 Å². The topological polar surface area (TPSA) is 49.0 Å². The molecule has 0 atom stereocenters. The molecule has 23 heavy (non-hydrogen) atoms. The SMILES string of the molecule is CCCc1nc2c(c(=O)[nH]1)CN(Cc1ccc(F)cc1C)CC2. The zero-order valence-electron chi connectivity index (χ0n) is 13.7. The number of nitrogens with zero attached hydrogens (tertiary/aromatic N) is 2. The first kappa shape index (κ1) is 15.9. The van der Waals surface area contributed by atoms with Crippen LogP contribution in [0.5, 0.6) is 0 Å². The Morgan fingerprint density at radius 1 is 1.39 bits per heavy atom. The molecule has 0 amide bonds. The van der Waals surface area contributed by atoms with Crippen LogP contribution in [0.1, 0.15) is 41.6 Å². The molecule has 2 heterocycles. The van der Waals surface area contributed by atoms with Gasteiger partial charge >= 0.3 is 0 Å².